The Morgan fingerprint density at radius 3 is 1.73 bits per heavy atom. The molecule has 0 aliphatic carbocycles. The van der Waals surface area contributed by atoms with Crippen molar-refractivity contribution in [3.8, 4) is 0 Å². The minimum atomic E-state index is -5.17. The van der Waals surface area contributed by atoms with Crippen LogP contribution in [-0.2, 0) is 18.5 Å². The van der Waals surface area contributed by atoms with E-state index in [1.54, 1.807) is 11.8 Å². The van der Waals surface area contributed by atoms with Crippen molar-refractivity contribution in [3.05, 3.63) is 93.0 Å². The highest BCUT2D eigenvalue weighted by atomic mass is 19.4. The summed E-state index contributed by atoms with van der Waals surface area (Å²) >= 11 is 0. The number of benzene rings is 3. The minimum Gasteiger partial charge on any atom is -0.342 e. The van der Waals surface area contributed by atoms with Gasteiger partial charge in [0.25, 0.3) is 0 Å². The van der Waals surface area contributed by atoms with E-state index in [4.69, 9.17) is 4.99 Å². The number of aryl methyl sites for hydroxylation is 4. The van der Waals surface area contributed by atoms with Crippen molar-refractivity contribution < 1.29 is 39.5 Å². The van der Waals surface area contributed by atoms with Crippen LogP contribution in [0.1, 0.15) is 57.9 Å². The molecule has 3 aromatic rings. The van der Waals surface area contributed by atoms with Crippen molar-refractivity contribution in [1.82, 2.24) is 9.80 Å². The molecule has 13 heteroatoms. The third-order valence-electron chi connectivity index (χ3n) is 7.48. The Labute approximate surface area is 254 Å². The zero-order chi connectivity index (χ0) is 33.5. The number of para-hydroxylation sites is 1. The van der Waals surface area contributed by atoms with Gasteiger partial charge in [-0.15, -0.1) is 0 Å². The van der Waals surface area contributed by atoms with E-state index in [-0.39, 0.29) is 30.4 Å². The molecule has 1 aliphatic heterocycles. The van der Waals surface area contributed by atoms with Crippen LogP contribution in [0, 0.1) is 27.7 Å². The maximum Gasteiger partial charge on any atom is 0.418 e. The first-order chi connectivity index (χ1) is 20.8. The van der Waals surface area contributed by atoms with E-state index in [1.165, 1.54) is 24.8 Å². The van der Waals surface area contributed by atoms with E-state index in [0.717, 1.165) is 17.2 Å². The summed E-state index contributed by atoms with van der Waals surface area (Å²) in [5, 5.41) is 0. The van der Waals surface area contributed by atoms with Gasteiger partial charge < -0.3 is 9.80 Å². The molecule has 0 amide bonds. The van der Waals surface area contributed by atoms with E-state index in [9.17, 15) is 39.5 Å². The molecule has 1 saturated heterocycles. The van der Waals surface area contributed by atoms with Gasteiger partial charge in [-0.2, -0.15) is 39.5 Å². The van der Waals surface area contributed by atoms with Crippen LogP contribution in [0.3, 0.4) is 0 Å². The number of rotatable bonds is 3. The molecule has 4 nitrogen and oxygen atoms in total. The first kappa shape index (κ1) is 33.9. The molecule has 1 fully saturated rings. The van der Waals surface area contributed by atoms with Crippen LogP contribution >= 0.6 is 0 Å². The van der Waals surface area contributed by atoms with Crippen LogP contribution in [0.4, 0.5) is 50.9 Å². The molecule has 0 atom stereocenters. The largest absolute Gasteiger partial charge is 0.418 e. The third kappa shape index (κ3) is 7.80. The van der Waals surface area contributed by atoms with Gasteiger partial charge in [0.2, 0.25) is 0 Å². The van der Waals surface area contributed by atoms with Gasteiger partial charge in [0, 0.05) is 18.7 Å². The topological polar surface area (TPSA) is 31.2 Å². The molecule has 45 heavy (non-hydrogen) atoms. The summed E-state index contributed by atoms with van der Waals surface area (Å²) in [5.41, 5.74) is -2.74. The second-order valence-electron chi connectivity index (χ2n) is 11.1. The number of hydrogen-bond donors (Lipinski definition) is 0. The molecule has 0 saturated carbocycles. The Morgan fingerprint density at radius 1 is 0.644 bits per heavy atom. The second-order valence-corrected chi connectivity index (χ2v) is 11.1. The molecule has 0 bridgehead atoms. The molecular weight excluding hydrogens is 611 g/mol. The van der Waals surface area contributed by atoms with Gasteiger partial charge in [0.05, 0.1) is 34.7 Å². The molecule has 1 aliphatic rings. The van der Waals surface area contributed by atoms with Crippen LogP contribution < -0.4 is 0 Å². The van der Waals surface area contributed by atoms with Gasteiger partial charge in [-0.3, -0.25) is 0 Å². The van der Waals surface area contributed by atoms with Crippen LogP contribution in [0.15, 0.2) is 58.5 Å². The highest BCUT2D eigenvalue weighted by Gasteiger charge is 2.39. The van der Waals surface area contributed by atoms with E-state index < -0.39 is 52.3 Å². The number of nitrogens with zero attached hydrogens (tertiary/aromatic N) is 4. The fourth-order valence-corrected chi connectivity index (χ4v) is 5.28. The molecular formula is C32H31F9N4. The Kier molecular flexibility index (Phi) is 9.33. The minimum absolute atomic E-state index is 0.0246. The SMILES string of the molecule is C/C(=N\c1c(C)cccc1C)N1CCCN(/C(=N/c2c(C)cc(C)cc2C(F)(F)F)c2cc(C(F)(F)F)cc(C(F)(F)F)c2)C1. The number of halogens is 9. The maximum absolute atomic E-state index is 14.2. The molecule has 0 radical (unpaired) electrons. The van der Waals surface area contributed by atoms with Gasteiger partial charge in [-0.1, -0.05) is 29.8 Å². The maximum atomic E-state index is 14.2. The van der Waals surface area contributed by atoms with E-state index in [0.29, 0.717) is 36.6 Å². The third-order valence-corrected chi connectivity index (χ3v) is 7.48. The quantitative estimate of drug-likeness (QED) is 0.162. The summed E-state index contributed by atoms with van der Waals surface area (Å²) in [6.07, 6.45) is -14.8. The lowest BCUT2D eigenvalue weighted by atomic mass is 10.0. The summed E-state index contributed by atoms with van der Waals surface area (Å²) in [6, 6.07) is 8.84. The normalized spacial score (nSPS) is 15.6. The number of amidine groups is 2. The van der Waals surface area contributed by atoms with Crippen LogP contribution in [-0.4, -0.2) is 41.2 Å². The van der Waals surface area contributed by atoms with Crippen molar-refractivity contribution in [2.45, 2.75) is 59.6 Å². The predicted octanol–water partition coefficient (Wildman–Crippen LogP) is 9.77. The fraction of sp³-hybridized carbons (Fsp3) is 0.375. The smallest absolute Gasteiger partial charge is 0.342 e. The highest BCUT2D eigenvalue weighted by molar-refractivity contribution is 6.01. The van der Waals surface area contributed by atoms with Crippen molar-refractivity contribution in [2.24, 2.45) is 9.98 Å². The molecule has 242 valence electrons. The second kappa shape index (κ2) is 12.4. The summed E-state index contributed by atoms with van der Waals surface area (Å²) in [7, 11) is 0. The molecule has 1 heterocycles. The van der Waals surface area contributed by atoms with E-state index in [2.05, 4.69) is 4.99 Å². The standard InChI is InChI=1S/C32H31F9N4/c1-18-12-21(4)28(26(13-18)32(39,40)41)43-29(23-14-24(30(33,34)35)16-25(15-23)31(36,37)38)45-11-7-10-44(17-45)22(5)42-27-19(2)8-6-9-20(27)3/h6,8-9,12-16H,7,10-11,17H2,1-5H3/b42-22+,43-29+. The van der Waals surface area contributed by atoms with E-state index in [1.807, 2.05) is 32.0 Å². The van der Waals surface area contributed by atoms with Gasteiger partial charge in [-0.25, -0.2) is 9.98 Å². The number of alkyl halides is 9. The molecule has 3 aromatic carbocycles. The van der Waals surface area contributed by atoms with Crippen molar-refractivity contribution in [3.63, 3.8) is 0 Å². The zero-order valence-corrected chi connectivity index (χ0v) is 25.1. The molecule has 4 rings (SSSR count). The van der Waals surface area contributed by atoms with Gasteiger partial charge in [0.15, 0.2) is 0 Å². The molecule has 0 unspecified atom stereocenters. The summed E-state index contributed by atoms with van der Waals surface area (Å²) in [6.45, 7) is 8.72. The fourth-order valence-electron chi connectivity index (χ4n) is 5.28. The van der Waals surface area contributed by atoms with Gasteiger partial charge in [0.1, 0.15) is 11.7 Å². The zero-order valence-electron chi connectivity index (χ0n) is 25.1. The number of aliphatic imine (C=N–C) groups is 2. The lowest BCUT2D eigenvalue weighted by Gasteiger charge is -2.39. The average molecular weight is 643 g/mol. The van der Waals surface area contributed by atoms with Crippen molar-refractivity contribution >= 4 is 23.0 Å². The summed E-state index contributed by atoms with van der Waals surface area (Å²) in [4.78, 5) is 12.1. The Balaban J connectivity index is 1.93. The van der Waals surface area contributed by atoms with Crippen LogP contribution in [0.5, 0.6) is 0 Å². The van der Waals surface area contributed by atoms with Crippen LogP contribution in [0.2, 0.25) is 0 Å². The Morgan fingerprint density at radius 2 is 1.20 bits per heavy atom. The lowest BCUT2D eigenvalue weighted by molar-refractivity contribution is -0.143. The monoisotopic (exact) mass is 642 g/mol. The van der Waals surface area contributed by atoms with Crippen molar-refractivity contribution in [1.29, 1.82) is 0 Å². The average Bonchev–Trinajstić information content (AvgIpc) is 2.92. The summed E-state index contributed by atoms with van der Waals surface area (Å²) in [5.74, 6) is 0.0626. The van der Waals surface area contributed by atoms with E-state index >= 15 is 0 Å². The van der Waals surface area contributed by atoms with Crippen molar-refractivity contribution in [2.75, 3.05) is 19.8 Å². The Hall–Kier alpha value is -4.03. The molecule has 0 spiro atoms. The number of hydrogen-bond acceptors (Lipinski definition) is 2. The van der Waals surface area contributed by atoms with Gasteiger partial charge in [-0.05, 0) is 82.0 Å². The Bertz CT molecular complexity index is 1580. The first-order valence-electron chi connectivity index (χ1n) is 13.9. The van der Waals surface area contributed by atoms with Crippen LogP contribution in [0.25, 0.3) is 0 Å². The summed E-state index contributed by atoms with van der Waals surface area (Å²) < 4.78 is 126. The first-order valence-corrected chi connectivity index (χ1v) is 13.9. The molecule has 0 aromatic heterocycles. The lowest BCUT2D eigenvalue weighted by Crippen LogP contribution is -2.49. The van der Waals surface area contributed by atoms with Gasteiger partial charge >= 0.3 is 18.5 Å². The molecule has 0 N–H and O–H groups in total. The predicted molar refractivity (Wildman–Crippen MR) is 155 cm³/mol. The highest BCUT2D eigenvalue weighted by Crippen LogP contribution is 2.41.